The van der Waals surface area contributed by atoms with Crippen molar-refractivity contribution in [1.29, 1.82) is 0 Å². The zero-order valence-corrected chi connectivity index (χ0v) is 10.6. The lowest BCUT2D eigenvalue weighted by atomic mass is 10.1. The zero-order chi connectivity index (χ0) is 14.1. The number of aromatic nitrogens is 1. The summed E-state index contributed by atoms with van der Waals surface area (Å²) in [5, 5.41) is 6.43. The van der Waals surface area contributed by atoms with Crippen LogP contribution >= 0.6 is 0 Å². The van der Waals surface area contributed by atoms with Gasteiger partial charge in [0.05, 0.1) is 6.20 Å². The van der Waals surface area contributed by atoms with Crippen molar-refractivity contribution in [1.82, 2.24) is 5.16 Å². The molecule has 1 aliphatic rings. The highest BCUT2D eigenvalue weighted by Gasteiger charge is 2.32. The minimum atomic E-state index is -0.502. The number of anilines is 1. The van der Waals surface area contributed by atoms with Crippen LogP contribution in [0.25, 0.3) is 0 Å². The highest BCUT2D eigenvalue weighted by atomic mass is 16.5. The fraction of sp³-hybridized carbons (Fsp3) is 0.214. The first-order chi connectivity index (χ1) is 9.65. The number of carbonyl (C=O) groups is 2. The standard InChI is InChI=1S/C14H13N3O3/c15-13(18)9-3-5-10(6-4-9)17-14(19)11-7-16-20-12(11)8-1-2-8/h3-8H,1-2H2,(H2,15,18)(H,17,19). The molecule has 1 aromatic heterocycles. The Morgan fingerprint density at radius 2 is 1.95 bits per heavy atom. The number of nitrogens with zero attached hydrogens (tertiary/aromatic N) is 1. The molecule has 1 aromatic carbocycles. The smallest absolute Gasteiger partial charge is 0.260 e. The quantitative estimate of drug-likeness (QED) is 0.887. The highest BCUT2D eigenvalue weighted by Crippen LogP contribution is 2.41. The summed E-state index contributed by atoms with van der Waals surface area (Å²) in [7, 11) is 0. The topological polar surface area (TPSA) is 98.2 Å². The van der Waals surface area contributed by atoms with Gasteiger partial charge in [-0.05, 0) is 37.1 Å². The first-order valence-electron chi connectivity index (χ1n) is 6.31. The fourth-order valence-electron chi connectivity index (χ4n) is 1.98. The zero-order valence-electron chi connectivity index (χ0n) is 10.6. The lowest BCUT2D eigenvalue weighted by Gasteiger charge is -2.05. The summed E-state index contributed by atoms with van der Waals surface area (Å²) < 4.78 is 5.13. The lowest BCUT2D eigenvalue weighted by molar-refractivity contribution is 0.0998. The van der Waals surface area contributed by atoms with E-state index in [1.54, 1.807) is 24.3 Å². The number of amides is 2. The maximum atomic E-state index is 12.1. The van der Waals surface area contributed by atoms with Crippen LogP contribution < -0.4 is 11.1 Å². The van der Waals surface area contributed by atoms with Gasteiger partial charge in [0.2, 0.25) is 5.91 Å². The first kappa shape index (κ1) is 12.4. The van der Waals surface area contributed by atoms with Gasteiger partial charge in [0.15, 0.2) is 5.76 Å². The van der Waals surface area contributed by atoms with Gasteiger partial charge in [0.1, 0.15) is 5.56 Å². The second-order valence-corrected chi connectivity index (χ2v) is 4.77. The summed E-state index contributed by atoms with van der Waals surface area (Å²) >= 11 is 0. The van der Waals surface area contributed by atoms with Crippen LogP contribution in [0.2, 0.25) is 0 Å². The van der Waals surface area contributed by atoms with E-state index in [1.165, 1.54) is 6.20 Å². The predicted molar refractivity (Wildman–Crippen MR) is 71.4 cm³/mol. The third-order valence-corrected chi connectivity index (χ3v) is 3.22. The van der Waals surface area contributed by atoms with Gasteiger partial charge in [-0.2, -0.15) is 0 Å². The second kappa shape index (κ2) is 4.80. The van der Waals surface area contributed by atoms with E-state index in [0.717, 1.165) is 12.8 Å². The number of nitrogens with one attached hydrogen (secondary N) is 1. The van der Waals surface area contributed by atoms with Crippen molar-refractivity contribution in [2.45, 2.75) is 18.8 Å². The first-order valence-corrected chi connectivity index (χ1v) is 6.31. The van der Waals surface area contributed by atoms with Gasteiger partial charge in [-0.25, -0.2) is 0 Å². The van der Waals surface area contributed by atoms with Crippen molar-refractivity contribution in [2.75, 3.05) is 5.32 Å². The van der Waals surface area contributed by atoms with E-state index in [4.69, 9.17) is 10.3 Å². The van der Waals surface area contributed by atoms with E-state index in [1.807, 2.05) is 0 Å². The Kier molecular flexibility index (Phi) is 2.98. The molecule has 0 saturated heterocycles. The molecule has 1 heterocycles. The molecule has 0 bridgehead atoms. The van der Waals surface area contributed by atoms with E-state index >= 15 is 0 Å². The van der Waals surface area contributed by atoms with Crippen molar-refractivity contribution < 1.29 is 14.1 Å². The van der Waals surface area contributed by atoms with Crippen LogP contribution in [0.1, 0.15) is 45.2 Å². The molecule has 102 valence electrons. The van der Waals surface area contributed by atoms with Crippen LogP contribution in [-0.2, 0) is 0 Å². The third kappa shape index (κ3) is 2.40. The molecule has 3 N–H and O–H groups in total. The largest absolute Gasteiger partial charge is 0.366 e. The Morgan fingerprint density at radius 3 is 2.55 bits per heavy atom. The van der Waals surface area contributed by atoms with E-state index < -0.39 is 5.91 Å². The highest BCUT2D eigenvalue weighted by molar-refractivity contribution is 6.05. The number of primary amides is 1. The SMILES string of the molecule is NC(=O)c1ccc(NC(=O)c2cnoc2C2CC2)cc1. The van der Waals surface area contributed by atoms with Crippen LogP contribution in [0.3, 0.4) is 0 Å². The van der Waals surface area contributed by atoms with Crippen LogP contribution in [-0.4, -0.2) is 17.0 Å². The third-order valence-electron chi connectivity index (χ3n) is 3.22. The molecule has 6 nitrogen and oxygen atoms in total. The molecular weight excluding hydrogens is 258 g/mol. The summed E-state index contributed by atoms with van der Waals surface area (Å²) in [6.45, 7) is 0. The average Bonchev–Trinajstić information content (AvgIpc) is 3.16. The van der Waals surface area contributed by atoms with Gasteiger partial charge in [0, 0.05) is 17.2 Å². The minimum Gasteiger partial charge on any atom is -0.366 e. The maximum absolute atomic E-state index is 12.1. The Balaban J connectivity index is 1.75. The summed E-state index contributed by atoms with van der Waals surface area (Å²) in [6, 6.07) is 6.38. The molecule has 0 radical (unpaired) electrons. The van der Waals surface area contributed by atoms with Crippen molar-refractivity contribution in [3.05, 3.63) is 47.3 Å². The molecule has 2 aromatic rings. The summed E-state index contributed by atoms with van der Waals surface area (Å²) in [6.07, 6.45) is 3.49. The second-order valence-electron chi connectivity index (χ2n) is 4.77. The molecule has 0 unspecified atom stereocenters. The van der Waals surface area contributed by atoms with E-state index in [2.05, 4.69) is 10.5 Å². The molecule has 1 aliphatic carbocycles. The maximum Gasteiger partial charge on any atom is 0.260 e. The van der Waals surface area contributed by atoms with Gasteiger partial charge < -0.3 is 15.6 Å². The van der Waals surface area contributed by atoms with Gasteiger partial charge >= 0.3 is 0 Å². The lowest BCUT2D eigenvalue weighted by Crippen LogP contribution is -2.14. The Morgan fingerprint density at radius 1 is 1.25 bits per heavy atom. The van der Waals surface area contributed by atoms with E-state index in [9.17, 15) is 9.59 Å². The van der Waals surface area contributed by atoms with Crippen molar-refractivity contribution in [3.8, 4) is 0 Å². The van der Waals surface area contributed by atoms with E-state index in [0.29, 0.717) is 28.5 Å². The van der Waals surface area contributed by atoms with Gasteiger partial charge in [0.25, 0.3) is 5.91 Å². The van der Waals surface area contributed by atoms with Crippen molar-refractivity contribution in [3.63, 3.8) is 0 Å². The molecule has 2 amide bonds. The summed E-state index contributed by atoms with van der Waals surface area (Å²) in [5.41, 5.74) is 6.60. The monoisotopic (exact) mass is 271 g/mol. The number of carbonyl (C=O) groups excluding carboxylic acids is 2. The summed E-state index contributed by atoms with van der Waals surface area (Å²) in [4.78, 5) is 23.1. The predicted octanol–water partition coefficient (Wildman–Crippen LogP) is 1.90. The van der Waals surface area contributed by atoms with Crippen LogP contribution in [0.5, 0.6) is 0 Å². The van der Waals surface area contributed by atoms with Gasteiger partial charge in [-0.1, -0.05) is 5.16 Å². The molecule has 3 rings (SSSR count). The average molecular weight is 271 g/mol. The molecule has 6 heteroatoms. The number of benzene rings is 1. The molecule has 1 fully saturated rings. The van der Waals surface area contributed by atoms with Crippen molar-refractivity contribution >= 4 is 17.5 Å². The number of hydrogen-bond acceptors (Lipinski definition) is 4. The molecule has 20 heavy (non-hydrogen) atoms. The fourth-order valence-corrected chi connectivity index (χ4v) is 1.98. The molecular formula is C14H13N3O3. The van der Waals surface area contributed by atoms with Crippen LogP contribution in [0.15, 0.2) is 35.0 Å². The number of hydrogen-bond donors (Lipinski definition) is 2. The summed E-state index contributed by atoms with van der Waals surface area (Å²) in [5.74, 6) is 0.199. The van der Waals surface area contributed by atoms with Crippen molar-refractivity contribution in [2.24, 2.45) is 5.73 Å². The Bertz CT molecular complexity index is 657. The van der Waals surface area contributed by atoms with Crippen LogP contribution in [0, 0.1) is 0 Å². The Hall–Kier alpha value is -2.63. The normalized spacial score (nSPS) is 14.0. The molecule has 0 aliphatic heterocycles. The van der Waals surface area contributed by atoms with Gasteiger partial charge in [-0.15, -0.1) is 0 Å². The number of rotatable bonds is 4. The number of nitrogens with two attached hydrogens (primary N) is 1. The molecule has 0 spiro atoms. The minimum absolute atomic E-state index is 0.264. The molecule has 0 atom stereocenters. The van der Waals surface area contributed by atoms with E-state index in [-0.39, 0.29) is 5.91 Å². The Labute approximate surface area is 114 Å². The molecule has 1 saturated carbocycles. The van der Waals surface area contributed by atoms with Gasteiger partial charge in [-0.3, -0.25) is 9.59 Å². The van der Waals surface area contributed by atoms with Crippen LogP contribution in [0.4, 0.5) is 5.69 Å².